The Balaban J connectivity index is 2.44. The number of hydrogen-bond acceptors (Lipinski definition) is 4. The first kappa shape index (κ1) is 17.7. The van der Waals surface area contributed by atoms with Crippen LogP contribution in [0.4, 0.5) is 24.5 Å². The molecule has 0 atom stereocenters. The number of alkyl halides is 3. The van der Waals surface area contributed by atoms with Gasteiger partial charge in [-0.2, -0.15) is 13.2 Å². The minimum atomic E-state index is -4.62. The summed E-state index contributed by atoms with van der Waals surface area (Å²) in [7, 11) is -4.28. The van der Waals surface area contributed by atoms with Crippen LogP contribution >= 0.6 is 0 Å². The number of nitrogens with zero attached hydrogens (tertiary/aromatic N) is 1. The molecule has 0 aliphatic carbocycles. The van der Waals surface area contributed by atoms with Gasteiger partial charge in [0.2, 0.25) is 0 Å². The smallest absolute Gasteiger partial charge is 0.280 e. The second kappa shape index (κ2) is 6.11. The van der Waals surface area contributed by atoms with Crippen LogP contribution in [-0.2, 0) is 16.2 Å². The summed E-state index contributed by atoms with van der Waals surface area (Å²) in [5.41, 5.74) is -1.82. The number of anilines is 1. The first-order valence-electron chi connectivity index (χ1n) is 6.46. The zero-order valence-electron chi connectivity index (χ0n) is 12.2. The monoisotopic (exact) mass is 360 g/mol. The van der Waals surface area contributed by atoms with E-state index in [0.717, 1.165) is 30.3 Å². The summed E-state index contributed by atoms with van der Waals surface area (Å²) in [4.78, 5) is 9.76. The molecule has 128 valence electrons. The zero-order valence-corrected chi connectivity index (χ0v) is 13.0. The molecule has 2 aromatic carbocycles. The van der Waals surface area contributed by atoms with E-state index < -0.39 is 32.4 Å². The molecule has 0 aliphatic heterocycles. The molecule has 0 saturated carbocycles. The average molecular weight is 360 g/mol. The molecule has 24 heavy (non-hydrogen) atoms. The number of sulfonamides is 1. The van der Waals surface area contributed by atoms with Crippen LogP contribution in [-0.4, -0.2) is 13.3 Å². The lowest BCUT2D eigenvalue weighted by Crippen LogP contribution is -2.15. The first-order chi connectivity index (χ1) is 11.0. The van der Waals surface area contributed by atoms with E-state index in [1.165, 1.54) is 13.0 Å². The van der Waals surface area contributed by atoms with Gasteiger partial charge in [0.15, 0.2) is 0 Å². The van der Waals surface area contributed by atoms with Crippen LogP contribution in [0.15, 0.2) is 47.4 Å². The van der Waals surface area contributed by atoms with E-state index in [1.807, 2.05) is 4.72 Å². The van der Waals surface area contributed by atoms with Gasteiger partial charge in [-0.1, -0.05) is 12.1 Å². The van der Waals surface area contributed by atoms with Crippen molar-refractivity contribution in [2.24, 2.45) is 0 Å². The van der Waals surface area contributed by atoms with Crippen molar-refractivity contribution < 1.29 is 26.5 Å². The Labute approximate surface area is 135 Å². The normalized spacial score (nSPS) is 12.0. The molecule has 0 spiro atoms. The molecule has 0 aliphatic rings. The van der Waals surface area contributed by atoms with Gasteiger partial charge in [-0.25, -0.2) is 8.42 Å². The van der Waals surface area contributed by atoms with Crippen LogP contribution in [0.25, 0.3) is 0 Å². The van der Waals surface area contributed by atoms with Crippen molar-refractivity contribution in [1.29, 1.82) is 0 Å². The van der Waals surface area contributed by atoms with Crippen LogP contribution in [0.2, 0.25) is 0 Å². The van der Waals surface area contributed by atoms with Crippen LogP contribution in [0.1, 0.15) is 11.1 Å². The van der Waals surface area contributed by atoms with E-state index in [1.54, 1.807) is 0 Å². The molecule has 0 bridgehead atoms. The molecule has 0 radical (unpaired) electrons. The van der Waals surface area contributed by atoms with E-state index in [2.05, 4.69) is 0 Å². The number of halogens is 3. The maximum atomic E-state index is 12.7. The molecule has 6 nitrogen and oxygen atoms in total. The van der Waals surface area contributed by atoms with Gasteiger partial charge >= 0.3 is 6.18 Å². The lowest BCUT2D eigenvalue weighted by Gasteiger charge is -2.12. The van der Waals surface area contributed by atoms with Gasteiger partial charge in [-0.3, -0.25) is 14.8 Å². The summed E-state index contributed by atoms with van der Waals surface area (Å²) < 4.78 is 64.7. The fourth-order valence-corrected chi connectivity index (χ4v) is 3.37. The summed E-state index contributed by atoms with van der Waals surface area (Å²) in [5.74, 6) is 0. The van der Waals surface area contributed by atoms with E-state index >= 15 is 0 Å². The first-order valence-corrected chi connectivity index (χ1v) is 7.95. The molecule has 0 fully saturated rings. The maximum absolute atomic E-state index is 12.7. The van der Waals surface area contributed by atoms with E-state index in [-0.39, 0.29) is 16.1 Å². The molecular weight excluding hydrogens is 349 g/mol. The van der Waals surface area contributed by atoms with Crippen LogP contribution in [0.5, 0.6) is 0 Å². The summed E-state index contributed by atoms with van der Waals surface area (Å²) in [6, 6.07) is 7.11. The van der Waals surface area contributed by atoms with Crippen molar-refractivity contribution in [2.75, 3.05) is 4.72 Å². The third-order valence-electron chi connectivity index (χ3n) is 3.18. The van der Waals surface area contributed by atoms with Gasteiger partial charge in [-0.15, -0.1) is 0 Å². The highest BCUT2D eigenvalue weighted by atomic mass is 32.2. The highest BCUT2D eigenvalue weighted by molar-refractivity contribution is 7.92. The quantitative estimate of drug-likeness (QED) is 0.665. The number of benzene rings is 2. The van der Waals surface area contributed by atoms with E-state index in [0.29, 0.717) is 6.07 Å². The van der Waals surface area contributed by atoms with Gasteiger partial charge in [0.1, 0.15) is 0 Å². The topological polar surface area (TPSA) is 89.3 Å². The SMILES string of the molecule is Cc1c([N+](=O)[O-])cccc1S(=O)(=O)Nc1cccc(C(F)(F)F)c1. The van der Waals surface area contributed by atoms with Gasteiger partial charge < -0.3 is 0 Å². The van der Waals surface area contributed by atoms with Gasteiger partial charge in [0.25, 0.3) is 15.7 Å². The van der Waals surface area contributed by atoms with Crippen molar-refractivity contribution in [1.82, 2.24) is 0 Å². The van der Waals surface area contributed by atoms with Crippen molar-refractivity contribution in [3.63, 3.8) is 0 Å². The molecule has 0 aromatic heterocycles. The summed E-state index contributed by atoms with van der Waals surface area (Å²) in [5, 5.41) is 10.9. The molecular formula is C14H11F3N2O4S. The number of nitro groups is 1. The molecule has 2 rings (SSSR count). The fraction of sp³-hybridized carbons (Fsp3) is 0.143. The van der Waals surface area contributed by atoms with Crippen molar-refractivity contribution in [2.45, 2.75) is 18.0 Å². The highest BCUT2D eigenvalue weighted by Crippen LogP contribution is 2.32. The average Bonchev–Trinajstić information content (AvgIpc) is 2.45. The fourth-order valence-electron chi connectivity index (χ4n) is 2.06. The van der Waals surface area contributed by atoms with Crippen LogP contribution in [0.3, 0.4) is 0 Å². The number of nitro benzene ring substituents is 1. The minimum Gasteiger partial charge on any atom is -0.280 e. The zero-order chi connectivity index (χ0) is 18.1. The maximum Gasteiger partial charge on any atom is 0.416 e. The van der Waals surface area contributed by atoms with Crippen molar-refractivity contribution in [3.8, 4) is 0 Å². The predicted octanol–water partition coefficient (Wildman–Crippen LogP) is 3.72. The molecule has 0 unspecified atom stereocenters. The molecule has 2 aromatic rings. The summed E-state index contributed by atoms with van der Waals surface area (Å²) >= 11 is 0. The highest BCUT2D eigenvalue weighted by Gasteiger charge is 2.31. The molecule has 0 saturated heterocycles. The Morgan fingerprint density at radius 1 is 1.12 bits per heavy atom. The summed E-state index contributed by atoms with van der Waals surface area (Å²) in [6.07, 6.45) is -4.62. The third-order valence-corrected chi connectivity index (χ3v) is 4.71. The van der Waals surface area contributed by atoms with Gasteiger partial charge in [0.05, 0.1) is 15.4 Å². The molecule has 0 heterocycles. The Hall–Kier alpha value is -2.62. The largest absolute Gasteiger partial charge is 0.416 e. The number of nitrogens with one attached hydrogen (secondary N) is 1. The third kappa shape index (κ3) is 3.65. The van der Waals surface area contributed by atoms with E-state index in [9.17, 15) is 31.7 Å². The second-order valence-electron chi connectivity index (χ2n) is 4.84. The Bertz CT molecular complexity index is 895. The predicted molar refractivity (Wildman–Crippen MR) is 80.1 cm³/mol. The molecule has 10 heteroatoms. The lowest BCUT2D eigenvalue weighted by atomic mass is 10.2. The molecule has 0 amide bonds. The standard InChI is InChI=1S/C14H11F3N2O4S/c1-9-12(19(20)21)6-3-7-13(9)24(22,23)18-11-5-2-4-10(8-11)14(15,16)17/h2-8,18H,1H3. The minimum absolute atomic E-state index is 0.109. The van der Waals surface area contributed by atoms with Crippen molar-refractivity contribution in [3.05, 3.63) is 63.7 Å². The van der Waals surface area contributed by atoms with Crippen molar-refractivity contribution >= 4 is 21.4 Å². The van der Waals surface area contributed by atoms with Gasteiger partial charge in [0, 0.05) is 17.3 Å². The van der Waals surface area contributed by atoms with Crippen LogP contribution in [0, 0.1) is 17.0 Å². The molecule has 1 N–H and O–H groups in total. The van der Waals surface area contributed by atoms with Gasteiger partial charge in [-0.05, 0) is 31.2 Å². The number of rotatable bonds is 4. The number of hydrogen-bond donors (Lipinski definition) is 1. The lowest BCUT2D eigenvalue weighted by molar-refractivity contribution is -0.385. The second-order valence-corrected chi connectivity index (χ2v) is 6.49. The Morgan fingerprint density at radius 2 is 1.75 bits per heavy atom. The van der Waals surface area contributed by atoms with Crippen LogP contribution < -0.4 is 4.72 Å². The Kier molecular flexibility index (Phi) is 4.52. The summed E-state index contributed by atoms with van der Waals surface area (Å²) in [6.45, 7) is 1.25. The Morgan fingerprint density at radius 3 is 2.33 bits per heavy atom. The van der Waals surface area contributed by atoms with E-state index in [4.69, 9.17) is 0 Å².